The summed E-state index contributed by atoms with van der Waals surface area (Å²) in [6.45, 7) is 1.87. The molecule has 0 unspecified atom stereocenters. The van der Waals surface area contributed by atoms with E-state index in [1.165, 1.54) is 23.5 Å². The third-order valence-corrected chi connectivity index (χ3v) is 6.03. The van der Waals surface area contributed by atoms with Gasteiger partial charge in [-0.2, -0.15) is 0 Å². The minimum atomic E-state index is -0.636. The number of hydrogen-bond acceptors (Lipinski definition) is 3. The summed E-state index contributed by atoms with van der Waals surface area (Å²) in [5, 5.41) is 3.71. The van der Waals surface area contributed by atoms with E-state index in [0.717, 1.165) is 31.2 Å². The predicted octanol–water partition coefficient (Wildman–Crippen LogP) is 5.11. The van der Waals surface area contributed by atoms with Gasteiger partial charge in [0.15, 0.2) is 6.61 Å². The van der Waals surface area contributed by atoms with E-state index < -0.39 is 6.04 Å². The first-order valence-corrected chi connectivity index (χ1v) is 11.6. The van der Waals surface area contributed by atoms with Gasteiger partial charge in [-0.1, -0.05) is 49.9 Å². The fourth-order valence-electron chi connectivity index (χ4n) is 4.01. The molecule has 0 aromatic heterocycles. The Labute approximate surface area is 193 Å². The van der Waals surface area contributed by atoms with E-state index in [1.807, 2.05) is 6.92 Å². The minimum Gasteiger partial charge on any atom is -0.484 e. The molecule has 0 spiro atoms. The monoisotopic (exact) mass is 460 g/mol. The van der Waals surface area contributed by atoms with Crippen molar-refractivity contribution in [1.29, 1.82) is 0 Å². The molecule has 7 heteroatoms. The Morgan fingerprint density at radius 1 is 1.09 bits per heavy atom. The van der Waals surface area contributed by atoms with Crippen molar-refractivity contribution in [3.63, 3.8) is 0 Å². The third-order valence-electron chi connectivity index (χ3n) is 5.78. The standard InChI is InChI=1S/C25H30ClFN2O3/c1-2-23(25(31)28-21-6-4-3-5-7-21)29(16-18-8-12-20(27)13-9-18)24(30)17-32-22-14-10-19(26)11-15-22/h8-15,21,23H,2-7,16-17H2,1H3,(H,28,31)/t23-/m1/s1. The van der Waals surface area contributed by atoms with Gasteiger partial charge in [0.2, 0.25) is 5.91 Å². The van der Waals surface area contributed by atoms with Crippen LogP contribution in [0.15, 0.2) is 48.5 Å². The number of halogens is 2. The van der Waals surface area contributed by atoms with Crippen LogP contribution in [0.3, 0.4) is 0 Å². The molecule has 0 aliphatic heterocycles. The van der Waals surface area contributed by atoms with E-state index in [9.17, 15) is 14.0 Å². The highest BCUT2D eigenvalue weighted by atomic mass is 35.5. The summed E-state index contributed by atoms with van der Waals surface area (Å²) in [5.41, 5.74) is 0.746. The Kier molecular flexibility index (Phi) is 8.91. The fraction of sp³-hybridized carbons (Fsp3) is 0.440. The van der Waals surface area contributed by atoms with Crippen LogP contribution in [-0.2, 0) is 16.1 Å². The largest absolute Gasteiger partial charge is 0.484 e. The van der Waals surface area contributed by atoms with E-state index >= 15 is 0 Å². The Hall–Kier alpha value is -2.60. The molecule has 1 aliphatic carbocycles. The lowest BCUT2D eigenvalue weighted by molar-refractivity contribution is -0.143. The molecule has 32 heavy (non-hydrogen) atoms. The summed E-state index contributed by atoms with van der Waals surface area (Å²) >= 11 is 5.90. The quantitative estimate of drug-likeness (QED) is 0.565. The molecule has 1 atom stereocenters. The SMILES string of the molecule is CC[C@H](C(=O)NC1CCCCC1)N(Cc1ccc(F)cc1)C(=O)COc1ccc(Cl)cc1. The number of nitrogens with one attached hydrogen (secondary N) is 1. The summed E-state index contributed by atoms with van der Waals surface area (Å²) < 4.78 is 19.0. The smallest absolute Gasteiger partial charge is 0.261 e. The van der Waals surface area contributed by atoms with Crippen LogP contribution in [0, 0.1) is 5.82 Å². The summed E-state index contributed by atoms with van der Waals surface area (Å²) in [4.78, 5) is 27.8. The zero-order valence-electron chi connectivity index (χ0n) is 18.4. The molecule has 2 amide bonds. The van der Waals surface area contributed by atoms with Gasteiger partial charge in [-0.25, -0.2) is 4.39 Å². The van der Waals surface area contributed by atoms with Crippen LogP contribution < -0.4 is 10.1 Å². The Balaban J connectivity index is 1.73. The zero-order valence-corrected chi connectivity index (χ0v) is 19.1. The van der Waals surface area contributed by atoms with Gasteiger partial charge in [-0.15, -0.1) is 0 Å². The molecular formula is C25H30ClFN2O3. The van der Waals surface area contributed by atoms with Crippen LogP contribution >= 0.6 is 11.6 Å². The van der Waals surface area contributed by atoms with E-state index in [-0.39, 0.29) is 36.8 Å². The lowest BCUT2D eigenvalue weighted by Crippen LogP contribution is -2.52. The summed E-state index contributed by atoms with van der Waals surface area (Å²) in [6.07, 6.45) is 5.80. The van der Waals surface area contributed by atoms with Gasteiger partial charge in [-0.3, -0.25) is 9.59 Å². The zero-order chi connectivity index (χ0) is 22.9. The number of ether oxygens (including phenoxy) is 1. The van der Waals surface area contributed by atoms with Crippen LogP contribution in [0.4, 0.5) is 4.39 Å². The molecule has 0 saturated heterocycles. The molecule has 1 aliphatic rings. The number of carbonyl (C=O) groups is 2. The highest BCUT2D eigenvalue weighted by Crippen LogP contribution is 2.20. The molecular weight excluding hydrogens is 431 g/mol. The van der Waals surface area contributed by atoms with Crippen molar-refractivity contribution in [3.05, 3.63) is 64.9 Å². The molecule has 172 valence electrons. The second-order valence-corrected chi connectivity index (χ2v) is 8.59. The Bertz CT molecular complexity index is 883. The van der Waals surface area contributed by atoms with Gasteiger partial charge in [0, 0.05) is 17.6 Å². The average molecular weight is 461 g/mol. The van der Waals surface area contributed by atoms with Crippen LogP contribution in [0.5, 0.6) is 5.75 Å². The van der Waals surface area contributed by atoms with Gasteiger partial charge in [0.25, 0.3) is 5.91 Å². The molecule has 5 nitrogen and oxygen atoms in total. The molecule has 0 bridgehead atoms. The van der Waals surface area contributed by atoms with Gasteiger partial charge in [0.05, 0.1) is 0 Å². The van der Waals surface area contributed by atoms with Crippen LogP contribution in [-0.4, -0.2) is 35.4 Å². The van der Waals surface area contributed by atoms with Crippen molar-refractivity contribution in [3.8, 4) is 5.75 Å². The second-order valence-electron chi connectivity index (χ2n) is 8.16. The van der Waals surface area contributed by atoms with Gasteiger partial charge in [-0.05, 0) is 61.2 Å². The lowest BCUT2D eigenvalue weighted by atomic mass is 9.95. The van der Waals surface area contributed by atoms with E-state index in [2.05, 4.69) is 5.32 Å². The average Bonchev–Trinajstić information content (AvgIpc) is 2.80. The first kappa shape index (κ1) is 24.1. The van der Waals surface area contributed by atoms with Crippen LogP contribution in [0.1, 0.15) is 51.0 Å². The van der Waals surface area contributed by atoms with Gasteiger partial charge >= 0.3 is 0 Å². The van der Waals surface area contributed by atoms with Crippen molar-refractivity contribution in [2.75, 3.05) is 6.61 Å². The highest BCUT2D eigenvalue weighted by Gasteiger charge is 2.30. The molecule has 0 radical (unpaired) electrons. The predicted molar refractivity (Wildman–Crippen MR) is 123 cm³/mol. The lowest BCUT2D eigenvalue weighted by Gasteiger charge is -2.32. The second kappa shape index (κ2) is 11.9. The molecule has 3 rings (SSSR count). The summed E-state index contributed by atoms with van der Waals surface area (Å²) in [6, 6.07) is 12.2. The number of hydrogen-bond donors (Lipinski definition) is 1. The third kappa shape index (κ3) is 6.95. The van der Waals surface area contributed by atoms with Gasteiger partial charge < -0.3 is 15.0 Å². The van der Waals surface area contributed by atoms with Crippen LogP contribution in [0.2, 0.25) is 5.02 Å². The molecule has 0 heterocycles. The van der Waals surface area contributed by atoms with Crippen molar-refractivity contribution < 1.29 is 18.7 Å². The number of rotatable bonds is 9. The minimum absolute atomic E-state index is 0.151. The highest BCUT2D eigenvalue weighted by molar-refractivity contribution is 6.30. The van der Waals surface area contributed by atoms with Crippen molar-refractivity contribution in [2.45, 2.75) is 64.1 Å². The molecule has 2 aromatic carbocycles. The number of nitrogens with zero attached hydrogens (tertiary/aromatic N) is 1. The van der Waals surface area contributed by atoms with E-state index in [4.69, 9.17) is 16.3 Å². The number of amides is 2. The van der Waals surface area contributed by atoms with Gasteiger partial charge in [0.1, 0.15) is 17.6 Å². The maximum absolute atomic E-state index is 13.4. The number of carbonyl (C=O) groups excluding carboxylic acids is 2. The van der Waals surface area contributed by atoms with Crippen molar-refractivity contribution >= 4 is 23.4 Å². The normalized spacial score (nSPS) is 15.1. The topological polar surface area (TPSA) is 58.6 Å². The maximum Gasteiger partial charge on any atom is 0.261 e. The maximum atomic E-state index is 13.4. The molecule has 1 saturated carbocycles. The Morgan fingerprint density at radius 3 is 2.38 bits per heavy atom. The summed E-state index contributed by atoms with van der Waals surface area (Å²) in [5.74, 6) is -0.291. The first-order valence-electron chi connectivity index (χ1n) is 11.2. The first-order chi connectivity index (χ1) is 15.5. The fourth-order valence-corrected chi connectivity index (χ4v) is 4.14. The van der Waals surface area contributed by atoms with Crippen molar-refractivity contribution in [2.24, 2.45) is 0 Å². The summed E-state index contributed by atoms with van der Waals surface area (Å²) in [7, 11) is 0. The molecule has 1 fully saturated rings. The van der Waals surface area contributed by atoms with Crippen molar-refractivity contribution in [1.82, 2.24) is 10.2 Å². The van der Waals surface area contributed by atoms with E-state index in [0.29, 0.717) is 17.2 Å². The number of benzene rings is 2. The van der Waals surface area contributed by atoms with Crippen LogP contribution in [0.25, 0.3) is 0 Å². The molecule has 1 N–H and O–H groups in total. The van der Waals surface area contributed by atoms with E-state index in [1.54, 1.807) is 36.4 Å². The molecule has 2 aromatic rings. The Morgan fingerprint density at radius 2 is 1.75 bits per heavy atom.